The van der Waals surface area contributed by atoms with Crippen LogP contribution in [0.4, 0.5) is 15.8 Å². The molecule has 0 spiro atoms. The molecule has 29 heavy (non-hydrogen) atoms. The SMILES string of the molecule is CC1N(C(=O)C2CCN(c3ccc(F)cc3C#N)CC2)c2ccccc2C1(C)C. The van der Waals surface area contributed by atoms with E-state index in [0.717, 1.165) is 24.2 Å². The molecule has 0 aromatic heterocycles. The molecular weight excluding hydrogens is 365 g/mol. The first-order valence-electron chi connectivity index (χ1n) is 10.2. The van der Waals surface area contributed by atoms with E-state index in [1.165, 1.54) is 17.7 Å². The minimum Gasteiger partial charge on any atom is -0.370 e. The van der Waals surface area contributed by atoms with Crippen molar-refractivity contribution in [1.82, 2.24) is 0 Å². The Labute approximate surface area is 171 Å². The van der Waals surface area contributed by atoms with Crippen LogP contribution in [0.15, 0.2) is 42.5 Å². The van der Waals surface area contributed by atoms with E-state index in [-0.39, 0.29) is 23.3 Å². The van der Waals surface area contributed by atoms with Crippen molar-refractivity contribution in [2.45, 2.75) is 45.1 Å². The second-order valence-electron chi connectivity index (χ2n) is 8.66. The van der Waals surface area contributed by atoms with Gasteiger partial charge >= 0.3 is 0 Å². The van der Waals surface area contributed by atoms with Crippen molar-refractivity contribution in [3.05, 3.63) is 59.4 Å². The number of anilines is 2. The van der Waals surface area contributed by atoms with E-state index in [2.05, 4.69) is 37.8 Å². The fourth-order valence-electron chi connectivity index (χ4n) is 4.73. The number of nitrogens with zero attached hydrogens (tertiary/aromatic N) is 3. The molecule has 0 bridgehead atoms. The first-order valence-corrected chi connectivity index (χ1v) is 10.2. The Morgan fingerprint density at radius 1 is 1.14 bits per heavy atom. The highest BCUT2D eigenvalue weighted by atomic mass is 19.1. The molecule has 0 saturated carbocycles. The molecule has 4 nitrogen and oxygen atoms in total. The molecule has 2 aromatic rings. The van der Waals surface area contributed by atoms with Gasteiger partial charge in [-0.3, -0.25) is 4.79 Å². The number of benzene rings is 2. The minimum absolute atomic E-state index is 0.0401. The summed E-state index contributed by atoms with van der Waals surface area (Å²) >= 11 is 0. The summed E-state index contributed by atoms with van der Waals surface area (Å²) in [6.45, 7) is 7.90. The summed E-state index contributed by atoms with van der Waals surface area (Å²) in [6.07, 6.45) is 1.46. The van der Waals surface area contributed by atoms with Crippen LogP contribution in [0, 0.1) is 23.1 Å². The predicted octanol–water partition coefficient (Wildman–Crippen LogP) is 4.63. The number of hydrogen-bond acceptors (Lipinski definition) is 3. The van der Waals surface area contributed by atoms with Crippen molar-refractivity contribution in [2.24, 2.45) is 5.92 Å². The quantitative estimate of drug-likeness (QED) is 0.750. The van der Waals surface area contributed by atoms with Crippen LogP contribution in [-0.2, 0) is 10.2 Å². The molecule has 1 fully saturated rings. The first-order chi connectivity index (χ1) is 13.8. The second-order valence-corrected chi connectivity index (χ2v) is 8.66. The summed E-state index contributed by atoms with van der Waals surface area (Å²) in [5.74, 6) is -0.254. The molecule has 0 radical (unpaired) electrons. The zero-order valence-corrected chi connectivity index (χ0v) is 17.2. The van der Waals surface area contributed by atoms with Crippen molar-refractivity contribution in [3.8, 4) is 6.07 Å². The highest BCUT2D eigenvalue weighted by molar-refractivity contribution is 5.98. The van der Waals surface area contributed by atoms with E-state index < -0.39 is 5.82 Å². The van der Waals surface area contributed by atoms with Gasteiger partial charge in [-0.15, -0.1) is 0 Å². The van der Waals surface area contributed by atoms with Crippen LogP contribution >= 0.6 is 0 Å². The van der Waals surface area contributed by atoms with Gasteiger partial charge in [0, 0.05) is 36.2 Å². The number of fused-ring (bicyclic) bond motifs is 1. The summed E-state index contributed by atoms with van der Waals surface area (Å²) in [4.78, 5) is 17.6. The second kappa shape index (κ2) is 7.18. The molecular formula is C24H26FN3O. The van der Waals surface area contributed by atoms with E-state index in [4.69, 9.17) is 0 Å². The number of amides is 1. The number of carbonyl (C=O) groups excluding carboxylic acids is 1. The Bertz CT molecular complexity index is 986. The lowest BCUT2D eigenvalue weighted by Crippen LogP contribution is -2.48. The van der Waals surface area contributed by atoms with Crippen LogP contribution in [0.1, 0.15) is 44.7 Å². The van der Waals surface area contributed by atoms with Crippen LogP contribution in [0.3, 0.4) is 0 Å². The third-order valence-corrected chi connectivity index (χ3v) is 6.79. The summed E-state index contributed by atoms with van der Waals surface area (Å²) in [6, 6.07) is 14.7. The monoisotopic (exact) mass is 391 g/mol. The topological polar surface area (TPSA) is 47.3 Å². The normalized spacial score (nSPS) is 21.0. The zero-order valence-electron chi connectivity index (χ0n) is 17.2. The molecule has 1 amide bonds. The van der Waals surface area contributed by atoms with Crippen LogP contribution < -0.4 is 9.80 Å². The van der Waals surface area contributed by atoms with Crippen molar-refractivity contribution < 1.29 is 9.18 Å². The van der Waals surface area contributed by atoms with Crippen molar-refractivity contribution in [2.75, 3.05) is 22.9 Å². The van der Waals surface area contributed by atoms with Gasteiger partial charge in [0.25, 0.3) is 0 Å². The van der Waals surface area contributed by atoms with Gasteiger partial charge in [-0.2, -0.15) is 5.26 Å². The Morgan fingerprint density at radius 2 is 1.83 bits per heavy atom. The van der Waals surface area contributed by atoms with Crippen molar-refractivity contribution in [1.29, 1.82) is 5.26 Å². The Hall–Kier alpha value is -2.87. The summed E-state index contributed by atoms with van der Waals surface area (Å²) < 4.78 is 13.4. The maximum absolute atomic E-state index is 13.5. The average molecular weight is 391 g/mol. The molecule has 4 rings (SSSR count). The van der Waals surface area contributed by atoms with E-state index in [0.29, 0.717) is 18.7 Å². The molecule has 1 unspecified atom stereocenters. The zero-order chi connectivity index (χ0) is 20.8. The number of para-hydroxylation sites is 1. The third-order valence-electron chi connectivity index (χ3n) is 6.79. The molecule has 2 heterocycles. The van der Waals surface area contributed by atoms with Crippen LogP contribution in [0.5, 0.6) is 0 Å². The third kappa shape index (κ3) is 3.17. The largest absolute Gasteiger partial charge is 0.370 e. The van der Waals surface area contributed by atoms with Gasteiger partial charge in [0.2, 0.25) is 5.91 Å². The average Bonchev–Trinajstić information content (AvgIpc) is 2.93. The summed E-state index contributed by atoms with van der Waals surface area (Å²) in [5.41, 5.74) is 3.27. The number of piperidine rings is 1. The molecule has 5 heteroatoms. The molecule has 2 aliphatic rings. The Balaban J connectivity index is 1.51. The van der Waals surface area contributed by atoms with E-state index in [1.54, 1.807) is 6.07 Å². The van der Waals surface area contributed by atoms with Crippen molar-refractivity contribution >= 4 is 17.3 Å². The summed E-state index contributed by atoms with van der Waals surface area (Å²) in [5, 5.41) is 9.32. The number of rotatable bonds is 2. The van der Waals surface area contributed by atoms with Gasteiger partial charge in [-0.25, -0.2) is 4.39 Å². The van der Waals surface area contributed by atoms with Crippen molar-refractivity contribution in [3.63, 3.8) is 0 Å². The predicted molar refractivity (Wildman–Crippen MR) is 112 cm³/mol. The van der Waals surface area contributed by atoms with Crippen LogP contribution in [-0.4, -0.2) is 25.0 Å². The molecule has 1 atom stereocenters. The van der Waals surface area contributed by atoms with Gasteiger partial charge < -0.3 is 9.80 Å². The lowest BCUT2D eigenvalue weighted by molar-refractivity contribution is -0.123. The highest BCUT2D eigenvalue weighted by Gasteiger charge is 2.45. The lowest BCUT2D eigenvalue weighted by Gasteiger charge is -2.37. The molecule has 1 saturated heterocycles. The van der Waals surface area contributed by atoms with Crippen LogP contribution in [0.25, 0.3) is 0 Å². The molecule has 2 aromatic carbocycles. The lowest BCUT2D eigenvalue weighted by atomic mass is 9.81. The first kappa shape index (κ1) is 19.4. The van der Waals surface area contributed by atoms with Crippen LogP contribution in [0.2, 0.25) is 0 Å². The number of halogens is 1. The van der Waals surface area contributed by atoms with Gasteiger partial charge in [0.1, 0.15) is 11.9 Å². The minimum atomic E-state index is -0.403. The Kier molecular flexibility index (Phi) is 4.82. The maximum Gasteiger partial charge on any atom is 0.230 e. The number of carbonyl (C=O) groups is 1. The number of nitriles is 1. The van der Waals surface area contributed by atoms with E-state index in [1.807, 2.05) is 23.1 Å². The van der Waals surface area contributed by atoms with E-state index in [9.17, 15) is 14.4 Å². The molecule has 0 aliphatic carbocycles. The van der Waals surface area contributed by atoms with Gasteiger partial charge in [0.15, 0.2) is 0 Å². The molecule has 0 N–H and O–H groups in total. The molecule has 2 aliphatic heterocycles. The number of hydrogen-bond donors (Lipinski definition) is 0. The highest BCUT2D eigenvalue weighted by Crippen LogP contribution is 2.46. The standard InChI is InChI=1S/C24H26FN3O/c1-16-24(2,3)20-6-4-5-7-22(20)28(16)23(29)17-10-12-27(13-11-17)21-9-8-19(25)14-18(21)15-26/h4-9,14,16-17H,10-13H2,1-3H3. The molecule has 150 valence electrons. The Morgan fingerprint density at radius 3 is 2.52 bits per heavy atom. The van der Waals surface area contributed by atoms with Gasteiger partial charge in [-0.1, -0.05) is 32.0 Å². The van der Waals surface area contributed by atoms with Gasteiger partial charge in [0.05, 0.1) is 11.3 Å². The van der Waals surface area contributed by atoms with E-state index >= 15 is 0 Å². The smallest absolute Gasteiger partial charge is 0.230 e. The maximum atomic E-state index is 13.5. The van der Waals surface area contributed by atoms with Gasteiger partial charge in [-0.05, 0) is 49.6 Å². The fourth-order valence-corrected chi connectivity index (χ4v) is 4.73. The summed E-state index contributed by atoms with van der Waals surface area (Å²) in [7, 11) is 0. The fraction of sp³-hybridized carbons (Fsp3) is 0.417.